The number of carboxylic acid groups (broad SMARTS) is 1. The first kappa shape index (κ1) is 16.3. The van der Waals surface area contributed by atoms with Gasteiger partial charge in [0, 0.05) is 25.0 Å². The van der Waals surface area contributed by atoms with Crippen LogP contribution in [0.3, 0.4) is 0 Å². The van der Waals surface area contributed by atoms with Crippen LogP contribution in [-0.2, 0) is 11.2 Å². The van der Waals surface area contributed by atoms with E-state index >= 15 is 0 Å². The number of fused-ring (bicyclic) bond motifs is 1. The topological polar surface area (TPSA) is 82.6 Å². The van der Waals surface area contributed by atoms with Gasteiger partial charge >= 0.3 is 5.97 Å². The van der Waals surface area contributed by atoms with Crippen molar-refractivity contribution in [2.75, 3.05) is 18.0 Å². The Labute approximate surface area is 150 Å². The number of anilines is 1. The molecule has 0 atom stereocenters. The Morgan fingerprint density at radius 1 is 1.08 bits per heavy atom. The smallest absolute Gasteiger partial charge is 0.309 e. The average molecular weight is 349 g/mol. The van der Waals surface area contributed by atoms with Gasteiger partial charge in [-0.15, -0.1) is 10.2 Å². The summed E-state index contributed by atoms with van der Waals surface area (Å²) in [5, 5.41) is 17.7. The Balaban J connectivity index is 1.62. The van der Waals surface area contributed by atoms with E-state index in [9.17, 15) is 4.79 Å². The third kappa shape index (κ3) is 3.28. The van der Waals surface area contributed by atoms with Crippen molar-refractivity contribution in [3.05, 3.63) is 54.4 Å². The number of aromatic nitrogens is 2. The van der Waals surface area contributed by atoms with Gasteiger partial charge in [0.25, 0.3) is 0 Å². The number of hydrogen-bond acceptors (Lipinski definition) is 5. The monoisotopic (exact) mass is 349 g/mol. The largest absolute Gasteiger partial charge is 0.481 e. The molecule has 1 aliphatic rings. The molecule has 0 unspecified atom stereocenters. The Kier molecular flexibility index (Phi) is 4.35. The first-order valence-electron chi connectivity index (χ1n) is 8.65. The Morgan fingerprint density at radius 3 is 2.58 bits per heavy atom. The van der Waals surface area contributed by atoms with Crippen LogP contribution in [0.4, 0.5) is 17.2 Å². The fraction of sp³-hybridized carbons (Fsp3) is 0.263. The Morgan fingerprint density at radius 2 is 1.85 bits per heavy atom. The van der Waals surface area contributed by atoms with Gasteiger partial charge in [-0.05, 0) is 49.2 Å². The summed E-state index contributed by atoms with van der Waals surface area (Å²) in [4.78, 5) is 17.8. The lowest BCUT2D eigenvalue weighted by molar-refractivity contribution is -0.136. The quantitative estimate of drug-likeness (QED) is 0.706. The molecule has 7 nitrogen and oxygen atoms in total. The SMILES string of the molecule is O=C(O)Cc1nc2ccccn2c1N=Nc1ccc(N2CCCC2)cc1. The molecule has 4 rings (SSSR count). The van der Waals surface area contributed by atoms with Gasteiger partial charge in [0.2, 0.25) is 0 Å². The highest BCUT2D eigenvalue weighted by molar-refractivity contribution is 5.72. The maximum Gasteiger partial charge on any atom is 0.309 e. The molecular formula is C19H19N5O2. The van der Waals surface area contributed by atoms with Crippen LogP contribution in [-0.4, -0.2) is 33.6 Å². The molecular weight excluding hydrogens is 330 g/mol. The zero-order valence-corrected chi connectivity index (χ0v) is 14.2. The summed E-state index contributed by atoms with van der Waals surface area (Å²) in [6.45, 7) is 2.20. The number of rotatable bonds is 5. The van der Waals surface area contributed by atoms with E-state index in [2.05, 4.69) is 20.1 Å². The van der Waals surface area contributed by atoms with Crippen LogP contribution >= 0.6 is 0 Å². The molecule has 0 bridgehead atoms. The van der Waals surface area contributed by atoms with Gasteiger partial charge in [-0.2, -0.15) is 0 Å². The summed E-state index contributed by atoms with van der Waals surface area (Å²) in [6.07, 6.45) is 4.09. The summed E-state index contributed by atoms with van der Waals surface area (Å²) in [7, 11) is 0. The summed E-state index contributed by atoms with van der Waals surface area (Å²) in [6, 6.07) is 13.5. The number of nitrogens with zero attached hydrogens (tertiary/aromatic N) is 5. The molecule has 26 heavy (non-hydrogen) atoms. The van der Waals surface area contributed by atoms with Gasteiger partial charge in [-0.3, -0.25) is 9.20 Å². The van der Waals surface area contributed by atoms with Gasteiger partial charge in [0.15, 0.2) is 5.82 Å². The van der Waals surface area contributed by atoms with Crippen molar-refractivity contribution in [1.29, 1.82) is 0 Å². The summed E-state index contributed by atoms with van der Waals surface area (Å²) in [5.41, 5.74) is 2.98. The highest BCUT2D eigenvalue weighted by Gasteiger charge is 2.15. The van der Waals surface area contributed by atoms with E-state index in [0.29, 0.717) is 17.2 Å². The van der Waals surface area contributed by atoms with Crippen LogP contribution in [0.1, 0.15) is 18.5 Å². The molecule has 1 saturated heterocycles. The summed E-state index contributed by atoms with van der Waals surface area (Å²) >= 11 is 0. The molecule has 132 valence electrons. The van der Waals surface area contributed by atoms with Crippen LogP contribution in [0.15, 0.2) is 58.9 Å². The normalized spacial score (nSPS) is 14.5. The van der Waals surface area contributed by atoms with Crippen molar-refractivity contribution in [3.63, 3.8) is 0 Å². The molecule has 7 heteroatoms. The number of carbonyl (C=O) groups is 1. The van der Waals surface area contributed by atoms with Crippen molar-refractivity contribution in [1.82, 2.24) is 9.38 Å². The summed E-state index contributed by atoms with van der Waals surface area (Å²) in [5.74, 6) is -0.494. The summed E-state index contributed by atoms with van der Waals surface area (Å²) < 4.78 is 1.75. The molecule has 0 radical (unpaired) electrons. The first-order chi connectivity index (χ1) is 12.7. The van der Waals surface area contributed by atoms with Gasteiger partial charge in [0.05, 0.1) is 17.8 Å². The van der Waals surface area contributed by atoms with Gasteiger partial charge < -0.3 is 10.0 Å². The lowest BCUT2D eigenvalue weighted by Gasteiger charge is -2.17. The molecule has 1 fully saturated rings. The molecule has 0 spiro atoms. The van der Waals surface area contributed by atoms with E-state index in [0.717, 1.165) is 18.8 Å². The van der Waals surface area contributed by atoms with E-state index in [1.54, 1.807) is 10.6 Å². The number of pyridine rings is 1. The van der Waals surface area contributed by atoms with Crippen LogP contribution in [0.5, 0.6) is 0 Å². The number of benzene rings is 1. The van der Waals surface area contributed by atoms with Crippen LogP contribution in [0, 0.1) is 0 Å². The minimum absolute atomic E-state index is 0.191. The van der Waals surface area contributed by atoms with Crippen LogP contribution in [0.25, 0.3) is 5.65 Å². The molecule has 0 amide bonds. The molecule has 0 aliphatic carbocycles. The number of carboxylic acids is 1. The second-order valence-electron chi connectivity index (χ2n) is 6.29. The van der Waals surface area contributed by atoms with Crippen LogP contribution in [0.2, 0.25) is 0 Å². The fourth-order valence-electron chi connectivity index (χ4n) is 3.21. The van der Waals surface area contributed by atoms with Gasteiger partial charge in [-0.1, -0.05) is 6.07 Å². The second-order valence-corrected chi connectivity index (χ2v) is 6.29. The first-order valence-corrected chi connectivity index (χ1v) is 8.65. The third-order valence-electron chi connectivity index (χ3n) is 4.47. The minimum atomic E-state index is -0.945. The maximum atomic E-state index is 11.1. The van der Waals surface area contributed by atoms with Crippen molar-refractivity contribution < 1.29 is 9.90 Å². The number of azo groups is 1. The zero-order valence-electron chi connectivity index (χ0n) is 14.2. The molecule has 1 N–H and O–H groups in total. The lowest BCUT2D eigenvalue weighted by atomic mass is 10.2. The number of hydrogen-bond donors (Lipinski definition) is 1. The third-order valence-corrected chi connectivity index (χ3v) is 4.47. The van der Waals surface area contributed by atoms with Crippen molar-refractivity contribution in [3.8, 4) is 0 Å². The zero-order chi connectivity index (χ0) is 17.9. The second kappa shape index (κ2) is 6.95. The van der Waals surface area contributed by atoms with E-state index in [1.807, 2.05) is 42.5 Å². The molecule has 3 aromatic rings. The van der Waals surface area contributed by atoms with Gasteiger partial charge in [-0.25, -0.2) is 4.98 Å². The molecule has 2 aromatic heterocycles. The van der Waals surface area contributed by atoms with Crippen LogP contribution < -0.4 is 4.90 Å². The molecule has 3 heterocycles. The van der Waals surface area contributed by atoms with E-state index < -0.39 is 5.97 Å². The minimum Gasteiger partial charge on any atom is -0.481 e. The van der Waals surface area contributed by atoms with E-state index in [1.165, 1.54) is 18.5 Å². The van der Waals surface area contributed by atoms with Gasteiger partial charge in [0.1, 0.15) is 5.65 Å². The maximum absolute atomic E-state index is 11.1. The predicted octanol–water partition coefficient (Wildman–Crippen LogP) is 3.98. The predicted molar refractivity (Wildman–Crippen MR) is 98.6 cm³/mol. The fourth-order valence-corrected chi connectivity index (χ4v) is 3.21. The van der Waals surface area contributed by atoms with E-state index in [-0.39, 0.29) is 6.42 Å². The van der Waals surface area contributed by atoms with Crippen molar-refractivity contribution in [2.24, 2.45) is 10.2 Å². The standard InChI is InChI=1S/C19H19N5O2/c25-18(26)13-16-19(24-12-2-1-5-17(24)20-16)22-21-14-6-8-15(9-7-14)23-10-3-4-11-23/h1-2,5-9,12H,3-4,10-11,13H2,(H,25,26). The molecule has 1 aliphatic heterocycles. The highest BCUT2D eigenvalue weighted by Crippen LogP contribution is 2.27. The number of aliphatic carboxylic acids is 1. The van der Waals surface area contributed by atoms with E-state index in [4.69, 9.17) is 5.11 Å². The Bertz CT molecular complexity index is 956. The Hall–Kier alpha value is -3.22. The lowest BCUT2D eigenvalue weighted by Crippen LogP contribution is -2.17. The number of imidazole rings is 1. The highest BCUT2D eigenvalue weighted by atomic mass is 16.4. The van der Waals surface area contributed by atoms with Crippen molar-refractivity contribution >= 4 is 28.8 Å². The average Bonchev–Trinajstić information content (AvgIpc) is 3.28. The van der Waals surface area contributed by atoms with Crippen molar-refractivity contribution in [2.45, 2.75) is 19.3 Å². The molecule has 1 aromatic carbocycles. The molecule has 0 saturated carbocycles.